The molecular formula is C16H23NO4. The summed E-state index contributed by atoms with van der Waals surface area (Å²) in [5.74, 6) is -0.862. The second-order valence-corrected chi connectivity index (χ2v) is 5.88. The topological polar surface area (TPSA) is 66.8 Å². The Morgan fingerprint density at radius 1 is 1.19 bits per heavy atom. The molecule has 1 aromatic carbocycles. The van der Waals surface area contributed by atoms with E-state index in [9.17, 15) is 9.59 Å². The molecule has 0 atom stereocenters. The van der Waals surface area contributed by atoms with Gasteiger partial charge < -0.3 is 14.7 Å². The number of amides is 1. The van der Waals surface area contributed by atoms with Gasteiger partial charge in [0.15, 0.2) is 0 Å². The molecule has 1 N–H and O–H groups in total. The van der Waals surface area contributed by atoms with Gasteiger partial charge in [0, 0.05) is 19.5 Å². The maximum absolute atomic E-state index is 12.2. The van der Waals surface area contributed by atoms with Crippen molar-refractivity contribution in [1.29, 1.82) is 0 Å². The lowest BCUT2D eigenvalue weighted by Gasteiger charge is -2.27. The number of carboxylic acid groups (broad SMARTS) is 1. The standard InChI is InChI=1S/C16H23NO4/c1-16(2,3)21-15(20)17(11-7-10-14(18)19)12-13-8-5-4-6-9-13/h4-6,8-9H,7,10-12H2,1-3H3,(H,18,19). The second-order valence-electron chi connectivity index (χ2n) is 5.88. The van der Waals surface area contributed by atoms with Crippen molar-refractivity contribution in [3.05, 3.63) is 35.9 Å². The van der Waals surface area contributed by atoms with Crippen LogP contribution < -0.4 is 0 Å². The molecule has 1 aromatic rings. The van der Waals surface area contributed by atoms with E-state index >= 15 is 0 Å². The summed E-state index contributed by atoms with van der Waals surface area (Å²) in [4.78, 5) is 24.3. The number of aliphatic carboxylic acids is 1. The molecule has 21 heavy (non-hydrogen) atoms. The number of benzene rings is 1. The molecule has 0 heterocycles. The summed E-state index contributed by atoms with van der Waals surface area (Å²) in [5.41, 5.74) is 0.414. The Balaban J connectivity index is 2.69. The molecule has 116 valence electrons. The van der Waals surface area contributed by atoms with Crippen LogP contribution in [0.25, 0.3) is 0 Å². The molecule has 0 saturated carbocycles. The largest absolute Gasteiger partial charge is 0.481 e. The van der Waals surface area contributed by atoms with Gasteiger partial charge in [0.05, 0.1) is 0 Å². The number of hydrogen-bond donors (Lipinski definition) is 1. The van der Waals surface area contributed by atoms with Crippen LogP contribution in [0.1, 0.15) is 39.2 Å². The van der Waals surface area contributed by atoms with Crippen molar-refractivity contribution >= 4 is 12.1 Å². The molecule has 0 bridgehead atoms. The predicted molar refractivity (Wildman–Crippen MR) is 80.0 cm³/mol. The molecule has 0 radical (unpaired) electrons. The van der Waals surface area contributed by atoms with Crippen molar-refractivity contribution in [2.75, 3.05) is 6.54 Å². The van der Waals surface area contributed by atoms with Gasteiger partial charge in [-0.25, -0.2) is 4.79 Å². The fraction of sp³-hybridized carbons (Fsp3) is 0.500. The Morgan fingerprint density at radius 2 is 1.81 bits per heavy atom. The van der Waals surface area contributed by atoms with Crippen molar-refractivity contribution in [3.63, 3.8) is 0 Å². The van der Waals surface area contributed by atoms with Gasteiger partial charge in [-0.2, -0.15) is 0 Å². The summed E-state index contributed by atoms with van der Waals surface area (Å²) in [6.45, 7) is 6.19. The molecule has 5 nitrogen and oxygen atoms in total. The lowest BCUT2D eigenvalue weighted by Crippen LogP contribution is -2.37. The Morgan fingerprint density at radius 3 is 2.33 bits per heavy atom. The predicted octanol–water partition coefficient (Wildman–Crippen LogP) is 3.29. The monoisotopic (exact) mass is 293 g/mol. The maximum Gasteiger partial charge on any atom is 0.410 e. The number of rotatable bonds is 6. The number of carbonyl (C=O) groups excluding carboxylic acids is 1. The van der Waals surface area contributed by atoms with Gasteiger partial charge >= 0.3 is 12.1 Å². The van der Waals surface area contributed by atoms with Gasteiger partial charge in [-0.05, 0) is 32.8 Å². The van der Waals surface area contributed by atoms with E-state index in [1.54, 1.807) is 4.90 Å². The molecule has 0 unspecified atom stereocenters. The van der Waals surface area contributed by atoms with Crippen LogP contribution in [0.2, 0.25) is 0 Å². The zero-order valence-corrected chi connectivity index (χ0v) is 12.8. The molecule has 0 aliphatic carbocycles. The summed E-state index contributed by atoms with van der Waals surface area (Å²) < 4.78 is 5.37. The van der Waals surface area contributed by atoms with E-state index < -0.39 is 17.7 Å². The Kier molecular flexibility index (Phi) is 6.21. The van der Waals surface area contributed by atoms with Crippen LogP contribution >= 0.6 is 0 Å². The third-order valence-electron chi connectivity index (χ3n) is 2.69. The molecule has 0 aliphatic heterocycles. The lowest BCUT2D eigenvalue weighted by molar-refractivity contribution is -0.137. The van der Waals surface area contributed by atoms with E-state index in [0.29, 0.717) is 19.5 Å². The van der Waals surface area contributed by atoms with E-state index in [-0.39, 0.29) is 6.42 Å². The minimum atomic E-state index is -0.862. The summed E-state index contributed by atoms with van der Waals surface area (Å²) in [5, 5.41) is 8.71. The molecule has 5 heteroatoms. The summed E-state index contributed by atoms with van der Waals surface area (Å²) >= 11 is 0. The van der Waals surface area contributed by atoms with Gasteiger partial charge in [0.25, 0.3) is 0 Å². The second kappa shape index (κ2) is 7.67. The maximum atomic E-state index is 12.2. The van der Waals surface area contributed by atoms with Crippen LogP contribution in [0.3, 0.4) is 0 Å². The van der Waals surface area contributed by atoms with Gasteiger partial charge in [-0.3, -0.25) is 4.79 Å². The van der Waals surface area contributed by atoms with E-state index in [0.717, 1.165) is 5.56 Å². The first-order valence-electron chi connectivity index (χ1n) is 7.01. The molecule has 1 amide bonds. The van der Waals surface area contributed by atoms with Crippen LogP contribution in [0.15, 0.2) is 30.3 Å². The molecule has 1 rings (SSSR count). The van der Waals surface area contributed by atoms with Crippen molar-refractivity contribution < 1.29 is 19.4 Å². The van der Waals surface area contributed by atoms with Crippen molar-refractivity contribution in [1.82, 2.24) is 4.90 Å². The first kappa shape index (κ1) is 17.0. The van der Waals surface area contributed by atoms with Gasteiger partial charge in [0.1, 0.15) is 5.60 Å². The molecular weight excluding hydrogens is 270 g/mol. The number of ether oxygens (including phenoxy) is 1. The smallest absolute Gasteiger partial charge is 0.410 e. The SMILES string of the molecule is CC(C)(C)OC(=O)N(CCCC(=O)O)Cc1ccccc1. The van der Waals surface area contributed by atoms with E-state index in [1.165, 1.54) is 0 Å². The normalized spacial score (nSPS) is 11.0. The first-order chi connectivity index (χ1) is 9.78. The van der Waals surface area contributed by atoms with Crippen LogP contribution in [0.5, 0.6) is 0 Å². The Hall–Kier alpha value is -2.04. The third-order valence-corrected chi connectivity index (χ3v) is 2.69. The number of nitrogens with zero attached hydrogens (tertiary/aromatic N) is 1. The van der Waals surface area contributed by atoms with Crippen molar-refractivity contribution in [2.24, 2.45) is 0 Å². The van der Waals surface area contributed by atoms with Crippen molar-refractivity contribution in [3.8, 4) is 0 Å². The highest BCUT2D eigenvalue weighted by Crippen LogP contribution is 2.13. The summed E-state index contributed by atoms with van der Waals surface area (Å²) in [7, 11) is 0. The zero-order valence-electron chi connectivity index (χ0n) is 12.8. The fourth-order valence-electron chi connectivity index (χ4n) is 1.79. The number of carbonyl (C=O) groups is 2. The highest BCUT2D eigenvalue weighted by atomic mass is 16.6. The minimum Gasteiger partial charge on any atom is -0.481 e. The van der Waals surface area contributed by atoms with E-state index in [2.05, 4.69) is 0 Å². The molecule has 0 aliphatic rings. The molecule has 0 saturated heterocycles. The van der Waals surface area contributed by atoms with Crippen LogP contribution in [0, 0.1) is 0 Å². The first-order valence-corrected chi connectivity index (χ1v) is 7.01. The molecule has 0 aromatic heterocycles. The average Bonchev–Trinajstić information content (AvgIpc) is 2.36. The van der Waals surface area contributed by atoms with E-state index in [4.69, 9.17) is 9.84 Å². The molecule has 0 fully saturated rings. The quantitative estimate of drug-likeness (QED) is 0.874. The number of carboxylic acids is 1. The lowest BCUT2D eigenvalue weighted by atomic mass is 10.2. The summed E-state index contributed by atoms with van der Waals surface area (Å²) in [6, 6.07) is 9.56. The highest BCUT2D eigenvalue weighted by molar-refractivity contribution is 5.69. The van der Waals surface area contributed by atoms with Crippen LogP contribution in [-0.4, -0.2) is 34.2 Å². The fourth-order valence-corrected chi connectivity index (χ4v) is 1.79. The third kappa shape index (κ3) is 7.34. The van der Waals surface area contributed by atoms with Gasteiger partial charge in [0.2, 0.25) is 0 Å². The van der Waals surface area contributed by atoms with Crippen LogP contribution in [0.4, 0.5) is 4.79 Å². The van der Waals surface area contributed by atoms with Crippen LogP contribution in [-0.2, 0) is 16.1 Å². The van der Waals surface area contributed by atoms with Crippen molar-refractivity contribution in [2.45, 2.75) is 45.8 Å². The summed E-state index contributed by atoms with van der Waals surface area (Å²) in [6.07, 6.45) is 0.0203. The highest BCUT2D eigenvalue weighted by Gasteiger charge is 2.22. The Labute approximate surface area is 125 Å². The zero-order chi connectivity index (χ0) is 15.9. The average molecular weight is 293 g/mol. The Bertz CT molecular complexity index is 465. The van der Waals surface area contributed by atoms with Gasteiger partial charge in [-0.1, -0.05) is 30.3 Å². The number of hydrogen-bond acceptors (Lipinski definition) is 3. The molecule has 0 spiro atoms. The minimum absolute atomic E-state index is 0.0358. The van der Waals surface area contributed by atoms with E-state index in [1.807, 2.05) is 51.1 Å². The van der Waals surface area contributed by atoms with Gasteiger partial charge in [-0.15, -0.1) is 0 Å².